The van der Waals surface area contributed by atoms with Gasteiger partial charge in [-0.3, -0.25) is 14.7 Å². The van der Waals surface area contributed by atoms with E-state index < -0.39 is 11.7 Å². The van der Waals surface area contributed by atoms with Crippen molar-refractivity contribution < 1.29 is 13.2 Å². The zero-order valence-corrected chi connectivity index (χ0v) is 18.3. The van der Waals surface area contributed by atoms with Crippen molar-refractivity contribution in [3.63, 3.8) is 0 Å². The van der Waals surface area contributed by atoms with Crippen LogP contribution in [-0.2, 0) is 18.3 Å². The summed E-state index contributed by atoms with van der Waals surface area (Å²) in [5.41, 5.74) is 0.0134. The summed E-state index contributed by atoms with van der Waals surface area (Å²) in [5.74, 6) is 0.407. The number of aromatic amines is 1. The number of benzene rings is 1. The minimum absolute atomic E-state index is 0.111. The predicted octanol–water partition coefficient (Wildman–Crippen LogP) is 3.97. The highest BCUT2D eigenvalue weighted by Gasteiger charge is 2.30. The number of nitrogens with one attached hydrogen (secondary N) is 2. The fourth-order valence-corrected chi connectivity index (χ4v) is 4.01. The number of anilines is 1. The Hall–Kier alpha value is -2.88. The molecule has 2 N–H and O–H groups in total. The molecule has 1 saturated heterocycles. The van der Waals surface area contributed by atoms with E-state index >= 15 is 0 Å². The van der Waals surface area contributed by atoms with Gasteiger partial charge in [-0.25, -0.2) is 4.68 Å². The zero-order valence-electron chi connectivity index (χ0n) is 18.3. The number of likely N-dealkylation sites (tertiary alicyclic amines) is 1. The Balaban J connectivity index is 1.40. The first-order chi connectivity index (χ1) is 15.0. The fourth-order valence-electron chi connectivity index (χ4n) is 4.01. The van der Waals surface area contributed by atoms with Gasteiger partial charge in [0, 0.05) is 25.7 Å². The minimum Gasteiger partial charge on any atom is -0.353 e. The molecule has 7 nitrogen and oxygen atoms in total. The molecule has 0 spiro atoms. The van der Waals surface area contributed by atoms with Crippen LogP contribution in [-0.4, -0.2) is 43.8 Å². The van der Waals surface area contributed by atoms with E-state index in [9.17, 15) is 18.0 Å². The molecule has 2 aromatic heterocycles. The Kier molecular flexibility index (Phi) is 5.74. The van der Waals surface area contributed by atoms with E-state index in [-0.39, 0.29) is 17.1 Å². The molecule has 0 aliphatic carbocycles. The van der Waals surface area contributed by atoms with Gasteiger partial charge in [0.25, 0.3) is 5.56 Å². The molecule has 0 atom stereocenters. The van der Waals surface area contributed by atoms with Crippen molar-refractivity contribution in [2.75, 3.05) is 18.4 Å². The molecule has 1 aliphatic heterocycles. The number of halogens is 3. The van der Waals surface area contributed by atoms with E-state index in [0.29, 0.717) is 29.1 Å². The van der Waals surface area contributed by atoms with Crippen LogP contribution in [0, 0.1) is 0 Å². The Bertz CT molecular complexity index is 1150. The third-order valence-corrected chi connectivity index (χ3v) is 5.66. The normalized spacial score (nSPS) is 16.6. The molecule has 32 heavy (non-hydrogen) atoms. The van der Waals surface area contributed by atoms with Crippen LogP contribution in [0.25, 0.3) is 11.0 Å². The summed E-state index contributed by atoms with van der Waals surface area (Å²) in [5, 5.41) is 8.07. The van der Waals surface area contributed by atoms with Crippen LogP contribution in [0.1, 0.15) is 44.7 Å². The second-order valence-corrected chi connectivity index (χ2v) is 9.27. The summed E-state index contributed by atoms with van der Waals surface area (Å²) < 4.78 is 40.6. The number of piperidine rings is 1. The number of rotatable bonds is 4. The van der Waals surface area contributed by atoms with Gasteiger partial charge in [-0.2, -0.15) is 23.3 Å². The quantitative estimate of drug-likeness (QED) is 0.632. The molecule has 0 amide bonds. The van der Waals surface area contributed by atoms with Crippen LogP contribution >= 0.6 is 0 Å². The monoisotopic (exact) mass is 448 g/mol. The van der Waals surface area contributed by atoms with E-state index in [4.69, 9.17) is 0 Å². The number of H-pyrrole nitrogens is 1. The van der Waals surface area contributed by atoms with Gasteiger partial charge in [-0.05, 0) is 45.2 Å². The molecular formula is C22H27F3N6O. The van der Waals surface area contributed by atoms with Crippen LogP contribution in [0.4, 0.5) is 19.1 Å². The van der Waals surface area contributed by atoms with Gasteiger partial charge in [0.05, 0.1) is 17.3 Å². The van der Waals surface area contributed by atoms with Crippen molar-refractivity contribution in [2.24, 2.45) is 0 Å². The Labute approximate surface area is 183 Å². The second kappa shape index (κ2) is 8.23. The van der Waals surface area contributed by atoms with Gasteiger partial charge in [-0.1, -0.05) is 18.2 Å². The zero-order chi connectivity index (χ0) is 23.1. The minimum atomic E-state index is -4.33. The van der Waals surface area contributed by atoms with Crippen molar-refractivity contribution in [3.8, 4) is 0 Å². The first-order valence-electron chi connectivity index (χ1n) is 10.6. The highest BCUT2D eigenvalue weighted by Crippen LogP contribution is 2.30. The van der Waals surface area contributed by atoms with E-state index in [1.807, 2.05) is 20.8 Å². The van der Waals surface area contributed by atoms with Gasteiger partial charge in [0.1, 0.15) is 5.39 Å². The molecule has 4 rings (SSSR count). The van der Waals surface area contributed by atoms with E-state index in [0.717, 1.165) is 32.0 Å². The molecule has 0 bridgehead atoms. The Morgan fingerprint density at radius 2 is 1.91 bits per heavy atom. The SMILES string of the molecule is CC(C)(C)n1ncc2c(=O)[nH]c(NC3CCN(Cc4cccc(C(F)(F)F)c4)CC3)nc21. The smallest absolute Gasteiger partial charge is 0.353 e. The number of fused-ring (bicyclic) bond motifs is 1. The van der Waals surface area contributed by atoms with Gasteiger partial charge < -0.3 is 5.32 Å². The maximum absolute atomic E-state index is 12.9. The molecule has 172 valence electrons. The first kappa shape index (κ1) is 22.3. The lowest BCUT2D eigenvalue weighted by Crippen LogP contribution is -2.39. The largest absolute Gasteiger partial charge is 0.416 e. The van der Waals surface area contributed by atoms with E-state index in [1.165, 1.54) is 18.3 Å². The summed E-state index contributed by atoms with van der Waals surface area (Å²) in [4.78, 5) is 22.0. The molecule has 0 unspecified atom stereocenters. The average molecular weight is 448 g/mol. The van der Waals surface area contributed by atoms with Crippen molar-refractivity contribution >= 4 is 17.0 Å². The standard InChI is InChI=1S/C22H27F3N6O/c1-21(2,3)31-18-17(12-26-31)19(32)29-20(28-18)27-16-7-9-30(10-8-16)13-14-5-4-6-15(11-14)22(23,24)25/h4-6,11-12,16H,7-10,13H2,1-3H3,(H2,27,28,29,32). The third-order valence-electron chi connectivity index (χ3n) is 5.66. The van der Waals surface area contributed by atoms with Crippen LogP contribution in [0.15, 0.2) is 35.3 Å². The molecular weight excluding hydrogens is 421 g/mol. The van der Waals surface area contributed by atoms with Crippen molar-refractivity contribution in [2.45, 2.75) is 57.9 Å². The Morgan fingerprint density at radius 1 is 1.19 bits per heavy atom. The van der Waals surface area contributed by atoms with Crippen molar-refractivity contribution in [1.82, 2.24) is 24.6 Å². The topological polar surface area (TPSA) is 78.8 Å². The maximum Gasteiger partial charge on any atom is 0.416 e. The molecule has 10 heteroatoms. The molecule has 3 heterocycles. The molecule has 3 aromatic rings. The van der Waals surface area contributed by atoms with E-state index in [1.54, 1.807) is 10.7 Å². The number of aromatic nitrogens is 4. The number of nitrogens with zero attached hydrogens (tertiary/aromatic N) is 4. The fraction of sp³-hybridized carbons (Fsp3) is 0.500. The van der Waals surface area contributed by atoms with Gasteiger partial charge in [0.2, 0.25) is 5.95 Å². The number of hydrogen-bond acceptors (Lipinski definition) is 5. The predicted molar refractivity (Wildman–Crippen MR) is 117 cm³/mol. The van der Waals surface area contributed by atoms with Gasteiger partial charge >= 0.3 is 6.18 Å². The van der Waals surface area contributed by atoms with Gasteiger partial charge in [-0.15, -0.1) is 0 Å². The molecule has 1 fully saturated rings. The van der Waals surface area contributed by atoms with Crippen LogP contribution in [0.2, 0.25) is 0 Å². The van der Waals surface area contributed by atoms with Crippen molar-refractivity contribution in [1.29, 1.82) is 0 Å². The first-order valence-corrected chi connectivity index (χ1v) is 10.6. The van der Waals surface area contributed by atoms with E-state index in [2.05, 4.69) is 25.3 Å². The maximum atomic E-state index is 12.9. The summed E-state index contributed by atoms with van der Waals surface area (Å²) >= 11 is 0. The van der Waals surface area contributed by atoms with Gasteiger partial charge in [0.15, 0.2) is 5.65 Å². The van der Waals surface area contributed by atoms with Crippen molar-refractivity contribution in [3.05, 3.63) is 51.9 Å². The second-order valence-electron chi connectivity index (χ2n) is 9.27. The summed E-state index contributed by atoms with van der Waals surface area (Å²) in [6, 6.07) is 5.59. The van der Waals surface area contributed by atoms with Crippen LogP contribution < -0.4 is 10.9 Å². The summed E-state index contributed by atoms with van der Waals surface area (Å²) in [6.07, 6.45) is -1.22. The number of hydrogen-bond donors (Lipinski definition) is 2. The molecule has 0 saturated carbocycles. The lowest BCUT2D eigenvalue weighted by Gasteiger charge is -2.32. The molecule has 1 aromatic carbocycles. The summed E-state index contributed by atoms with van der Waals surface area (Å²) in [7, 11) is 0. The van der Waals surface area contributed by atoms with Crippen LogP contribution in [0.3, 0.4) is 0 Å². The average Bonchev–Trinajstić information content (AvgIpc) is 3.14. The highest BCUT2D eigenvalue weighted by atomic mass is 19.4. The lowest BCUT2D eigenvalue weighted by molar-refractivity contribution is -0.137. The highest BCUT2D eigenvalue weighted by molar-refractivity contribution is 5.74. The molecule has 1 aliphatic rings. The van der Waals surface area contributed by atoms with Crippen LogP contribution in [0.5, 0.6) is 0 Å². The number of alkyl halides is 3. The third kappa shape index (κ3) is 4.79. The Morgan fingerprint density at radius 3 is 2.56 bits per heavy atom. The summed E-state index contributed by atoms with van der Waals surface area (Å²) in [6.45, 7) is 7.93. The molecule has 0 radical (unpaired) electrons. The lowest BCUT2D eigenvalue weighted by atomic mass is 10.0.